The first-order valence-electron chi connectivity index (χ1n) is 3.87. The monoisotopic (exact) mass is 288 g/mol. The highest BCUT2D eigenvalue weighted by atomic mass is 35.6. The zero-order valence-electron chi connectivity index (χ0n) is 7.59. The summed E-state index contributed by atoms with van der Waals surface area (Å²) in [6.45, 7) is 1.89. The SMILES string of the molecule is CCOC(=O)c1c(C(Cl)(Cl)Cl)nsc1N. The number of esters is 1. The average Bonchev–Trinajstić information content (AvgIpc) is 2.46. The molecule has 0 radical (unpaired) electrons. The average molecular weight is 290 g/mol. The maximum Gasteiger partial charge on any atom is 0.343 e. The number of nitrogen functional groups attached to an aromatic ring is 1. The summed E-state index contributed by atoms with van der Waals surface area (Å²) in [6, 6.07) is 0. The highest BCUT2D eigenvalue weighted by Gasteiger charge is 2.34. The molecule has 1 rings (SSSR count). The van der Waals surface area contributed by atoms with E-state index >= 15 is 0 Å². The maximum absolute atomic E-state index is 11.5. The summed E-state index contributed by atoms with van der Waals surface area (Å²) in [4.78, 5) is 11.5. The van der Waals surface area contributed by atoms with Gasteiger partial charge in [-0.05, 0) is 18.5 Å². The summed E-state index contributed by atoms with van der Waals surface area (Å²) >= 11 is 17.8. The van der Waals surface area contributed by atoms with Gasteiger partial charge in [0.2, 0.25) is 3.79 Å². The van der Waals surface area contributed by atoms with Gasteiger partial charge in [-0.3, -0.25) is 0 Å². The Hall–Kier alpha value is -0.230. The lowest BCUT2D eigenvalue weighted by Crippen LogP contribution is -2.13. The summed E-state index contributed by atoms with van der Waals surface area (Å²) in [5.41, 5.74) is 5.59. The first-order valence-corrected chi connectivity index (χ1v) is 5.78. The number of hydrogen-bond acceptors (Lipinski definition) is 5. The van der Waals surface area contributed by atoms with E-state index in [1.165, 1.54) is 0 Å². The van der Waals surface area contributed by atoms with Gasteiger partial charge in [-0.1, -0.05) is 34.8 Å². The molecule has 1 heterocycles. The molecule has 0 saturated heterocycles. The van der Waals surface area contributed by atoms with Crippen molar-refractivity contribution in [3.05, 3.63) is 11.3 Å². The third-order valence-electron chi connectivity index (χ3n) is 1.47. The van der Waals surface area contributed by atoms with Gasteiger partial charge in [0, 0.05) is 0 Å². The number of carbonyl (C=O) groups is 1. The largest absolute Gasteiger partial charge is 0.462 e. The van der Waals surface area contributed by atoms with E-state index in [4.69, 9.17) is 45.3 Å². The van der Waals surface area contributed by atoms with Crippen molar-refractivity contribution < 1.29 is 9.53 Å². The molecule has 0 amide bonds. The van der Waals surface area contributed by atoms with Crippen molar-refractivity contribution in [2.24, 2.45) is 0 Å². The minimum atomic E-state index is -1.78. The normalized spacial score (nSPS) is 11.5. The fourth-order valence-electron chi connectivity index (χ4n) is 0.897. The van der Waals surface area contributed by atoms with E-state index in [0.29, 0.717) is 0 Å². The second kappa shape index (κ2) is 4.74. The molecule has 8 heteroatoms. The lowest BCUT2D eigenvalue weighted by molar-refractivity contribution is 0.0526. The van der Waals surface area contributed by atoms with E-state index in [9.17, 15) is 4.79 Å². The molecule has 0 bridgehead atoms. The van der Waals surface area contributed by atoms with Crippen molar-refractivity contribution in [3.8, 4) is 0 Å². The van der Waals surface area contributed by atoms with Crippen molar-refractivity contribution in [2.45, 2.75) is 10.7 Å². The highest BCUT2D eigenvalue weighted by molar-refractivity contribution is 7.10. The Bertz CT molecular complexity index is 375. The van der Waals surface area contributed by atoms with Crippen LogP contribution >= 0.6 is 46.3 Å². The summed E-state index contributed by atoms with van der Waals surface area (Å²) in [7, 11) is 0. The molecule has 15 heavy (non-hydrogen) atoms. The summed E-state index contributed by atoms with van der Waals surface area (Å²) in [6.07, 6.45) is 0. The lowest BCUT2D eigenvalue weighted by atomic mass is 10.2. The quantitative estimate of drug-likeness (QED) is 0.671. The zero-order chi connectivity index (χ0) is 11.6. The number of nitrogens with two attached hydrogens (primary N) is 1. The van der Waals surface area contributed by atoms with E-state index in [0.717, 1.165) is 11.5 Å². The van der Waals surface area contributed by atoms with Crippen LogP contribution in [0.25, 0.3) is 0 Å². The number of aromatic nitrogens is 1. The highest BCUT2D eigenvalue weighted by Crippen LogP contribution is 2.42. The molecule has 0 aliphatic carbocycles. The molecule has 84 valence electrons. The van der Waals surface area contributed by atoms with Crippen LogP contribution in [0, 0.1) is 0 Å². The van der Waals surface area contributed by atoms with Gasteiger partial charge in [-0.15, -0.1) is 0 Å². The molecule has 0 unspecified atom stereocenters. The third-order valence-corrected chi connectivity index (χ3v) is 2.68. The van der Waals surface area contributed by atoms with Crippen LogP contribution in [0.2, 0.25) is 0 Å². The predicted octanol–water partition coefficient (Wildman–Crippen LogP) is 2.73. The molecule has 2 N–H and O–H groups in total. The van der Waals surface area contributed by atoms with Gasteiger partial charge in [-0.2, -0.15) is 4.37 Å². The molecule has 0 aliphatic heterocycles. The van der Waals surface area contributed by atoms with Gasteiger partial charge in [0.1, 0.15) is 16.3 Å². The molecule has 1 aromatic rings. The molecular weight excluding hydrogens is 283 g/mol. The van der Waals surface area contributed by atoms with Crippen LogP contribution in [0.3, 0.4) is 0 Å². The molecule has 0 fully saturated rings. The summed E-state index contributed by atoms with van der Waals surface area (Å²) in [5.74, 6) is -0.634. The van der Waals surface area contributed by atoms with Crippen LogP contribution in [0.4, 0.5) is 5.00 Å². The Morgan fingerprint density at radius 1 is 1.60 bits per heavy atom. The number of alkyl halides is 3. The topological polar surface area (TPSA) is 65.2 Å². The predicted molar refractivity (Wildman–Crippen MR) is 61.7 cm³/mol. The number of nitrogens with zero attached hydrogens (tertiary/aromatic N) is 1. The molecule has 0 saturated carbocycles. The number of hydrogen-bond donors (Lipinski definition) is 1. The molecule has 0 aliphatic rings. The van der Waals surface area contributed by atoms with Gasteiger partial charge < -0.3 is 10.5 Å². The first-order chi connectivity index (χ1) is 6.88. The molecule has 0 spiro atoms. The van der Waals surface area contributed by atoms with Crippen molar-refractivity contribution in [1.29, 1.82) is 0 Å². The Labute approximate surface area is 105 Å². The fraction of sp³-hybridized carbons (Fsp3) is 0.429. The number of anilines is 1. The van der Waals surface area contributed by atoms with Crippen LogP contribution in [-0.2, 0) is 8.53 Å². The Morgan fingerprint density at radius 2 is 2.20 bits per heavy atom. The number of carbonyl (C=O) groups excluding carboxylic acids is 1. The van der Waals surface area contributed by atoms with E-state index in [2.05, 4.69) is 4.37 Å². The Morgan fingerprint density at radius 3 is 2.67 bits per heavy atom. The van der Waals surface area contributed by atoms with Crippen molar-refractivity contribution >= 4 is 57.3 Å². The van der Waals surface area contributed by atoms with Gasteiger partial charge in [-0.25, -0.2) is 4.79 Å². The van der Waals surface area contributed by atoms with Crippen LogP contribution in [0.15, 0.2) is 0 Å². The summed E-state index contributed by atoms with van der Waals surface area (Å²) < 4.78 is 6.80. The number of ether oxygens (including phenoxy) is 1. The number of rotatable bonds is 2. The third kappa shape index (κ3) is 2.87. The summed E-state index contributed by atoms with van der Waals surface area (Å²) in [5, 5.41) is 0.176. The zero-order valence-corrected chi connectivity index (χ0v) is 10.7. The van der Waals surface area contributed by atoms with Gasteiger partial charge >= 0.3 is 5.97 Å². The standard InChI is InChI=1S/C7H7Cl3N2O2S/c1-2-14-6(13)3-4(7(8,9)10)12-15-5(3)11/h2,11H2,1H3. The van der Waals surface area contributed by atoms with Crippen LogP contribution in [0.1, 0.15) is 23.0 Å². The maximum atomic E-state index is 11.5. The molecule has 0 aromatic carbocycles. The second-order valence-electron chi connectivity index (χ2n) is 2.49. The van der Waals surface area contributed by atoms with Gasteiger partial charge in [0.05, 0.1) is 6.61 Å². The molecule has 4 nitrogen and oxygen atoms in total. The Balaban J connectivity index is 3.16. The van der Waals surface area contributed by atoms with E-state index in [1.54, 1.807) is 6.92 Å². The van der Waals surface area contributed by atoms with E-state index in [-0.39, 0.29) is 22.9 Å². The fourth-order valence-corrected chi connectivity index (χ4v) is 2.15. The van der Waals surface area contributed by atoms with Crippen LogP contribution in [-0.4, -0.2) is 16.9 Å². The van der Waals surface area contributed by atoms with Crippen molar-refractivity contribution in [2.75, 3.05) is 12.3 Å². The van der Waals surface area contributed by atoms with Crippen LogP contribution in [0.5, 0.6) is 0 Å². The van der Waals surface area contributed by atoms with E-state index < -0.39 is 9.76 Å². The van der Waals surface area contributed by atoms with Crippen LogP contribution < -0.4 is 5.73 Å². The smallest absolute Gasteiger partial charge is 0.343 e. The molecular formula is C7H7Cl3N2O2S. The van der Waals surface area contributed by atoms with Gasteiger partial charge in [0.15, 0.2) is 0 Å². The van der Waals surface area contributed by atoms with E-state index in [1.807, 2.05) is 0 Å². The molecule has 1 aromatic heterocycles. The minimum Gasteiger partial charge on any atom is -0.462 e. The number of halogens is 3. The lowest BCUT2D eigenvalue weighted by Gasteiger charge is -2.09. The van der Waals surface area contributed by atoms with Crippen molar-refractivity contribution in [3.63, 3.8) is 0 Å². The second-order valence-corrected chi connectivity index (χ2v) is 5.57. The Kier molecular flexibility index (Phi) is 4.06. The minimum absolute atomic E-state index is 0.00782. The van der Waals surface area contributed by atoms with Gasteiger partial charge in [0.25, 0.3) is 0 Å². The van der Waals surface area contributed by atoms with Crippen molar-refractivity contribution in [1.82, 2.24) is 4.37 Å². The molecule has 0 atom stereocenters. The first kappa shape index (κ1) is 12.8.